The number of aryl methyl sites for hydroxylation is 1. The van der Waals surface area contributed by atoms with Gasteiger partial charge in [-0.2, -0.15) is 0 Å². The first kappa shape index (κ1) is 23.1. The van der Waals surface area contributed by atoms with Crippen LogP contribution in [0.1, 0.15) is 44.9 Å². The van der Waals surface area contributed by atoms with Crippen LogP contribution in [0.5, 0.6) is 0 Å². The Morgan fingerprint density at radius 3 is 2.23 bits per heavy atom. The number of likely N-dealkylation sites (tertiary alicyclic amines) is 1. The number of hydrogen-bond donors (Lipinski definition) is 0. The maximum absolute atomic E-state index is 13.7. The lowest BCUT2D eigenvalue weighted by molar-refractivity contribution is -0.181. The second kappa shape index (κ2) is 9.93. The second-order valence-corrected chi connectivity index (χ2v) is 8.68. The van der Waals surface area contributed by atoms with Crippen molar-refractivity contribution in [2.75, 3.05) is 26.3 Å². The summed E-state index contributed by atoms with van der Waals surface area (Å²) in [4.78, 5) is 37.7. The summed E-state index contributed by atoms with van der Waals surface area (Å²) in [6, 6.07) is 18.8. The number of hydrogen-bond acceptors (Lipinski definition) is 7. The Hall–Kier alpha value is -3.62. The lowest BCUT2D eigenvalue weighted by atomic mass is 10.0. The molecule has 3 heterocycles. The van der Waals surface area contributed by atoms with Crippen molar-refractivity contribution >= 4 is 11.9 Å². The smallest absolute Gasteiger partial charge is 0.342 e. The van der Waals surface area contributed by atoms with Crippen molar-refractivity contribution < 1.29 is 23.8 Å². The fourth-order valence-corrected chi connectivity index (χ4v) is 4.47. The third kappa shape index (κ3) is 4.94. The van der Waals surface area contributed by atoms with Crippen molar-refractivity contribution in [2.24, 2.45) is 0 Å². The van der Waals surface area contributed by atoms with Crippen LogP contribution >= 0.6 is 0 Å². The molecule has 0 radical (unpaired) electrons. The summed E-state index contributed by atoms with van der Waals surface area (Å²) in [5.41, 5.74) is 2.17. The molecule has 2 aromatic carbocycles. The Bertz CT molecular complexity index is 1200. The number of rotatable bonds is 5. The van der Waals surface area contributed by atoms with Gasteiger partial charge in [-0.3, -0.25) is 4.79 Å². The molecule has 8 heteroatoms. The molecule has 0 unspecified atom stereocenters. The summed E-state index contributed by atoms with van der Waals surface area (Å²) in [6.07, 6.45) is 1.14. The highest BCUT2D eigenvalue weighted by molar-refractivity contribution is 6.05. The summed E-state index contributed by atoms with van der Waals surface area (Å²) < 4.78 is 17.1. The SMILES string of the molecule is Cc1nc(-c2ccccc2)nc(C(=O)N2CCC3(CC2)OCCO3)c1C(=O)OCc1ccccc1. The summed E-state index contributed by atoms with van der Waals surface area (Å²) in [5.74, 6) is -1.16. The van der Waals surface area contributed by atoms with E-state index in [4.69, 9.17) is 14.2 Å². The van der Waals surface area contributed by atoms with Crippen LogP contribution in [0, 0.1) is 6.92 Å². The van der Waals surface area contributed by atoms with Crippen LogP contribution in [-0.2, 0) is 20.8 Å². The number of aromatic nitrogens is 2. The van der Waals surface area contributed by atoms with Crippen molar-refractivity contribution in [2.45, 2.75) is 32.2 Å². The van der Waals surface area contributed by atoms with Gasteiger partial charge in [0.15, 0.2) is 11.6 Å². The van der Waals surface area contributed by atoms with E-state index in [-0.39, 0.29) is 23.8 Å². The van der Waals surface area contributed by atoms with Gasteiger partial charge in [0.2, 0.25) is 0 Å². The van der Waals surface area contributed by atoms with E-state index >= 15 is 0 Å². The zero-order valence-electron chi connectivity index (χ0n) is 19.6. The Morgan fingerprint density at radius 2 is 1.57 bits per heavy atom. The van der Waals surface area contributed by atoms with Crippen molar-refractivity contribution in [1.29, 1.82) is 0 Å². The van der Waals surface area contributed by atoms with Crippen molar-refractivity contribution in [3.05, 3.63) is 83.2 Å². The normalized spacial score (nSPS) is 16.9. The summed E-state index contributed by atoms with van der Waals surface area (Å²) in [7, 11) is 0. The minimum atomic E-state index is -0.620. The first-order valence-electron chi connectivity index (χ1n) is 11.8. The predicted molar refractivity (Wildman–Crippen MR) is 128 cm³/mol. The molecule has 35 heavy (non-hydrogen) atoms. The van der Waals surface area contributed by atoms with Crippen molar-refractivity contribution in [3.63, 3.8) is 0 Å². The summed E-state index contributed by atoms with van der Waals surface area (Å²) in [6.45, 7) is 3.82. The molecule has 0 saturated carbocycles. The minimum absolute atomic E-state index is 0.0543. The molecular weight excluding hydrogens is 446 g/mol. The third-order valence-corrected chi connectivity index (χ3v) is 6.37. The van der Waals surface area contributed by atoms with E-state index < -0.39 is 11.8 Å². The van der Waals surface area contributed by atoms with Crippen molar-refractivity contribution in [3.8, 4) is 11.4 Å². The van der Waals surface area contributed by atoms with Gasteiger partial charge >= 0.3 is 5.97 Å². The molecule has 8 nitrogen and oxygen atoms in total. The Balaban J connectivity index is 1.45. The topological polar surface area (TPSA) is 90.9 Å². The van der Waals surface area contributed by atoms with Crippen molar-refractivity contribution in [1.82, 2.24) is 14.9 Å². The van der Waals surface area contributed by atoms with Crippen LogP contribution in [-0.4, -0.2) is 58.8 Å². The average molecular weight is 474 g/mol. The number of nitrogens with zero attached hydrogens (tertiary/aromatic N) is 3. The zero-order valence-corrected chi connectivity index (χ0v) is 19.6. The number of esters is 1. The number of benzene rings is 2. The van der Waals surface area contributed by atoms with Crippen LogP contribution in [0.25, 0.3) is 11.4 Å². The first-order chi connectivity index (χ1) is 17.0. The number of amides is 1. The quantitative estimate of drug-likeness (QED) is 0.521. The molecule has 1 aromatic heterocycles. The highest BCUT2D eigenvalue weighted by Crippen LogP contribution is 2.32. The molecule has 5 rings (SSSR count). The van der Waals surface area contributed by atoms with E-state index in [2.05, 4.69) is 9.97 Å². The van der Waals surface area contributed by atoms with E-state index in [1.54, 1.807) is 11.8 Å². The average Bonchev–Trinajstić information content (AvgIpc) is 3.35. The first-order valence-corrected chi connectivity index (χ1v) is 11.8. The Morgan fingerprint density at radius 1 is 0.943 bits per heavy atom. The highest BCUT2D eigenvalue weighted by Gasteiger charge is 2.41. The van der Waals surface area contributed by atoms with Gasteiger partial charge < -0.3 is 19.1 Å². The number of ether oxygens (including phenoxy) is 3. The van der Waals surface area contributed by atoms with Gasteiger partial charge in [0, 0.05) is 31.5 Å². The van der Waals surface area contributed by atoms with Gasteiger partial charge in [-0.05, 0) is 12.5 Å². The van der Waals surface area contributed by atoms with Crippen LogP contribution < -0.4 is 0 Å². The molecule has 2 aliphatic rings. The monoisotopic (exact) mass is 473 g/mol. The van der Waals surface area contributed by atoms with Gasteiger partial charge in [0.05, 0.1) is 18.9 Å². The lowest BCUT2D eigenvalue weighted by Crippen LogP contribution is -2.47. The molecule has 2 aliphatic heterocycles. The van der Waals surface area contributed by atoms with Gasteiger partial charge in [0.1, 0.15) is 17.9 Å². The van der Waals surface area contributed by atoms with E-state index in [1.807, 2.05) is 60.7 Å². The number of piperidine rings is 1. The molecule has 0 bridgehead atoms. The van der Waals surface area contributed by atoms with Crippen LogP contribution in [0.2, 0.25) is 0 Å². The lowest BCUT2D eigenvalue weighted by Gasteiger charge is -2.37. The second-order valence-electron chi connectivity index (χ2n) is 8.68. The fraction of sp³-hybridized carbons (Fsp3) is 0.333. The van der Waals surface area contributed by atoms with E-state index in [9.17, 15) is 9.59 Å². The van der Waals surface area contributed by atoms with Gasteiger partial charge in [0.25, 0.3) is 5.91 Å². The van der Waals surface area contributed by atoms with Crippen LogP contribution in [0.4, 0.5) is 0 Å². The van der Waals surface area contributed by atoms with Crippen LogP contribution in [0.15, 0.2) is 60.7 Å². The maximum atomic E-state index is 13.7. The van der Waals surface area contributed by atoms with Gasteiger partial charge in [-0.1, -0.05) is 60.7 Å². The molecule has 2 saturated heterocycles. The van der Waals surface area contributed by atoms with Crippen LogP contribution in [0.3, 0.4) is 0 Å². The molecule has 0 N–H and O–H groups in total. The molecular formula is C27H27N3O5. The fourth-order valence-electron chi connectivity index (χ4n) is 4.47. The predicted octanol–water partition coefficient (Wildman–Crippen LogP) is 3.79. The summed E-state index contributed by atoms with van der Waals surface area (Å²) in [5, 5.41) is 0. The molecule has 180 valence electrons. The standard InChI is InChI=1S/C27H27N3O5/c1-19-22(26(32)33-18-20-8-4-2-5-9-20)23(29-24(28-19)21-10-6-3-7-11-21)25(31)30-14-12-27(13-15-30)34-16-17-35-27/h2-11H,12-18H2,1H3. The van der Waals surface area contributed by atoms with E-state index in [0.717, 1.165) is 11.1 Å². The van der Waals surface area contributed by atoms with Gasteiger partial charge in [-0.15, -0.1) is 0 Å². The minimum Gasteiger partial charge on any atom is -0.457 e. The molecule has 2 fully saturated rings. The summed E-state index contributed by atoms with van der Waals surface area (Å²) >= 11 is 0. The molecule has 0 aliphatic carbocycles. The zero-order chi connectivity index (χ0) is 24.3. The Kier molecular flexibility index (Phi) is 6.57. The number of carbonyl (C=O) groups excluding carboxylic acids is 2. The third-order valence-electron chi connectivity index (χ3n) is 6.37. The van der Waals surface area contributed by atoms with E-state index in [0.29, 0.717) is 50.7 Å². The highest BCUT2D eigenvalue weighted by atomic mass is 16.7. The molecule has 1 spiro atoms. The molecule has 3 aromatic rings. The largest absolute Gasteiger partial charge is 0.457 e. The molecule has 0 atom stereocenters. The van der Waals surface area contributed by atoms with E-state index in [1.165, 1.54) is 0 Å². The molecule has 1 amide bonds. The van der Waals surface area contributed by atoms with Gasteiger partial charge in [-0.25, -0.2) is 14.8 Å². The Labute approximate surface area is 203 Å². The number of carbonyl (C=O) groups is 2. The maximum Gasteiger partial charge on any atom is 0.342 e.